The van der Waals surface area contributed by atoms with Crippen LogP contribution in [0.5, 0.6) is 5.75 Å². The second-order valence-electron chi connectivity index (χ2n) is 3.25. The van der Waals surface area contributed by atoms with Crippen LogP contribution in [0.4, 0.5) is 4.39 Å². The average Bonchev–Trinajstić information content (AvgIpc) is 2.04. The van der Waals surface area contributed by atoms with Gasteiger partial charge >= 0.3 is 0 Å². The Kier molecular flexibility index (Phi) is 2.54. The van der Waals surface area contributed by atoms with E-state index in [2.05, 4.69) is 15.9 Å². The number of hydrogen-bond donors (Lipinski definition) is 0. The van der Waals surface area contributed by atoms with E-state index in [-0.39, 0.29) is 5.82 Å². The van der Waals surface area contributed by atoms with Crippen molar-refractivity contribution in [2.24, 2.45) is 0 Å². The van der Waals surface area contributed by atoms with Crippen LogP contribution in [0.25, 0.3) is 0 Å². The minimum Gasteiger partial charge on any atom is -0.490 e. The summed E-state index contributed by atoms with van der Waals surface area (Å²) >= 11 is 3.10. The number of rotatable bonds is 2. The molecule has 0 bridgehead atoms. The maximum Gasteiger partial charge on any atom is 0.141 e. The largest absolute Gasteiger partial charge is 0.490 e. The fourth-order valence-electron chi connectivity index (χ4n) is 1.23. The van der Waals surface area contributed by atoms with E-state index in [9.17, 15) is 4.39 Å². The zero-order valence-electron chi connectivity index (χ0n) is 7.09. The van der Waals surface area contributed by atoms with Crippen LogP contribution in [0.15, 0.2) is 22.7 Å². The molecule has 0 aromatic heterocycles. The van der Waals surface area contributed by atoms with Gasteiger partial charge in [-0.05, 0) is 47.3 Å². The van der Waals surface area contributed by atoms with Crippen molar-refractivity contribution in [2.75, 3.05) is 0 Å². The maximum atomic E-state index is 13.0. The summed E-state index contributed by atoms with van der Waals surface area (Å²) in [7, 11) is 0. The molecule has 0 saturated heterocycles. The molecule has 3 heteroatoms. The molecule has 1 saturated carbocycles. The Morgan fingerprint density at radius 2 is 2.15 bits per heavy atom. The molecular weight excluding hydrogens is 235 g/mol. The lowest BCUT2D eigenvalue weighted by molar-refractivity contribution is 0.120. The molecule has 0 amide bonds. The average molecular weight is 245 g/mol. The third-order valence-corrected chi connectivity index (χ3v) is 2.89. The van der Waals surface area contributed by atoms with E-state index in [1.54, 1.807) is 12.1 Å². The third kappa shape index (κ3) is 2.02. The molecule has 1 fully saturated rings. The van der Waals surface area contributed by atoms with Gasteiger partial charge in [0.1, 0.15) is 11.6 Å². The summed E-state index contributed by atoms with van der Waals surface area (Å²) in [6, 6.07) is 4.87. The fraction of sp³-hybridized carbons (Fsp3) is 0.400. The molecule has 1 nitrogen and oxygen atoms in total. The van der Waals surface area contributed by atoms with Crippen LogP contribution in [0.2, 0.25) is 0 Å². The van der Waals surface area contributed by atoms with Gasteiger partial charge in [-0.2, -0.15) is 0 Å². The van der Waals surface area contributed by atoms with Crippen LogP contribution in [0.3, 0.4) is 0 Å². The summed E-state index contributed by atoms with van der Waals surface area (Å²) in [5.41, 5.74) is 0. The van der Waals surface area contributed by atoms with Gasteiger partial charge in [0, 0.05) is 6.07 Å². The van der Waals surface area contributed by atoms with E-state index >= 15 is 0 Å². The van der Waals surface area contributed by atoms with E-state index in [1.165, 1.54) is 12.5 Å². The van der Waals surface area contributed by atoms with Crippen LogP contribution in [-0.4, -0.2) is 6.10 Å². The molecule has 0 atom stereocenters. The minimum atomic E-state index is -0.267. The van der Waals surface area contributed by atoms with Gasteiger partial charge in [-0.3, -0.25) is 0 Å². The Morgan fingerprint density at radius 1 is 1.38 bits per heavy atom. The molecule has 0 unspecified atom stereocenters. The van der Waals surface area contributed by atoms with Crippen LogP contribution in [0.1, 0.15) is 19.3 Å². The van der Waals surface area contributed by atoms with Gasteiger partial charge in [-0.1, -0.05) is 0 Å². The topological polar surface area (TPSA) is 9.23 Å². The highest BCUT2D eigenvalue weighted by Crippen LogP contribution is 2.27. The highest BCUT2D eigenvalue weighted by molar-refractivity contribution is 9.10. The Balaban J connectivity index is 2.07. The maximum absolute atomic E-state index is 13.0. The first-order valence-corrected chi connectivity index (χ1v) is 5.17. The van der Waals surface area contributed by atoms with Gasteiger partial charge in [-0.15, -0.1) is 0 Å². The van der Waals surface area contributed by atoms with Crippen molar-refractivity contribution in [3.05, 3.63) is 28.5 Å². The van der Waals surface area contributed by atoms with Crippen LogP contribution >= 0.6 is 15.9 Å². The van der Waals surface area contributed by atoms with E-state index in [0.717, 1.165) is 12.8 Å². The molecule has 1 aromatic carbocycles. The van der Waals surface area contributed by atoms with Gasteiger partial charge < -0.3 is 4.74 Å². The monoisotopic (exact) mass is 244 g/mol. The summed E-state index contributed by atoms with van der Waals surface area (Å²) < 4.78 is 19.0. The molecule has 0 N–H and O–H groups in total. The molecular formula is C10H10BrFO. The van der Waals surface area contributed by atoms with Crippen molar-refractivity contribution >= 4 is 15.9 Å². The SMILES string of the molecule is Fc1cc(OC2CCC2)ccc1Br. The van der Waals surface area contributed by atoms with E-state index in [1.807, 2.05) is 0 Å². The first-order valence-electron chi connectivity index (χ1n) is 4.37. The van der Waals surface area contributed by atoms with Crippen molar-refractivity contribution in [3.63, 3.8) is 0 Å². The zero-order valence-corrected chi connectivity index (χ0v) is 8.68. The Bertz CT molecular complexity index is 310. The van der Waals surface area contributed by atoms with Crippen LogP contribution < -0.4 is 4.74 Å². The highest BCUT2D eigenvalue weighted by Gasteiger charge is 2.19. The summed E-state index contributed by atoms with van der Waals surface area (Å²) in [6.45, 7) is 0. The molecule has 0 spiro atoms. The van der Waals surface area contributed by atoms with Crippen molar-refractivity contribution in [2.45, 2.75) is 25.4 Å². The summed E-state index contributed by atoms with van der Waals surface area (Å²) in [5.74, 6) is 0.363. The summed E-state index contributed by atoms with van der Waals surface area (Å²) in [5, 5.41) is 0. The smallest absolute Gasteiger partial charge is 0.141 e. The van der Waals surface area contributed by atoms with E-state index < -0.39 is 0 Å². The van der Waals surface area contributed by atoms with Crippen LogP contribution in [-0.2, 0) is 0 Å². The highest BCUT2D eigenvalue weighted by atomic mass is 79.9. The summed E-state index contributed by atoms with van der Waals surface area (Å²) in [4.78, 5) is 0. The normalized spacial score (nSPS) is 16.8. The first kappa shape index (κ1) is 9.00. The molecule has 0 aliphatic heterocycles. The molecule has 0 heterocycles. The molecule has 1 aliphatic rings. The standard InChI is InChI=1S/C10H10BrFO/c11-9-5-4-8(6-10(9)12)13-7-2-1-3-7/h4-7H,1-3H2. The van der Waals surface area contributed by atoms with Crippen molar-refractivity contribution in [3.8, 4) is 5.75 Å². The van der Waals surface area contributed by atoms with Gasteiger partial charge in [0.05, 0.1) is 10.6 Å². The van der Waals surface area contributed by atoms with Gasteiger partial charge in [-0.25, -0.2) is 4.39 Å². The van der Waals surface area contributed by atoms with Gasteiger partial charge in [0.2, 0.25) is 0 Å². The lowest BCUT2D eigenvalue weighted by Gasteiger charge is -2.26. The lowest BCUT2D eigenvalue weighted by atomic mass is 9.96. The predicted octanol–water partition coefficient (Wildman–Crippen LogP) is 3.52. The van der Waals surface area contributed by atoms with Crippen molar-refractivity contribution < 1.29 is 9.13 Å². The second-order valence-corrected chi connectivity index (χ2v) is 4.10. The fourth-order valence-corrected chi connectivity index (χ4v) is 1.48. The third-order valence-electron chi connectivity index (χ3n) is 2.25. The Hall–Kier alpha value is -0.570. The quantitative estimate of drug-likeness (QED) is 0.774. The number of halogens is 2. The van der Waals surface area contributed by atoms with Crippen molar-refractivity contribution in [1.82, 2.24) is 0 Å². The Labute approximate surface area is 85.0 Å². The number of hydrogen-bond acceptors (Lipinski definition) is 1. The first-order chi connectivity index (χ1) is 6.25. The lowest BCUT2D eigenvalue weighted by Crippen LogP contribution is -2.24. The van der Waals surface area contributed by atoms with E-state index in [4.69, 9.17) is 4.74 Å². The molecule has 1 aliphatic carbocycles. The minimum absolute atomic E-state index is 0.267. The molecule has 1 aromatic rings. The van der Waals surface area contributed by atoms with Gasteiger partial charge in [0.25, 0.3) is 0 Å². The van der Waals surface area contributed by atoms with E-state index in [0.29, 0.717) is 16.3 Å². The summed E-state index contributed by atoms with van der Waals surface area (Å²) in [6.07, 6.45) is 3.72. The van der Waals surface area contributed by atoms with Crippen LogP contribution in [0, 0.1) is 5.82 Å². The molecule has 0 radical (unpaired) electrons. The molecule has 70 valence electrons. The number of ether oxygens (including phenoxy) is 1. The Morgan fingerprint density at radius 3 is 2.69 bits per heavy atom. The van der Waals surface area contributed by atoms with Crippen molar-refractivity contribution in [1.29, 1.82) is 0 Å². The van der Waals surface area contributed by atoms with Gasteiger partial charge in [0.15, 0.2) is 0 Å². The molecule has 2 rings (SSSR count). The zero-order chi connectivity index (χ0) is 9.26. The number of benzene rings is 1. The predicted molar refractivity (Wildman–Crippen MR) is 52.4 cm³/mol. The molecule has 13 heavy (non-hydrogen) atoms. The second kappa shape index (κ2) is 3.66.